The van der Waals surface area contributed by atoms with Crippen molar-refractivity contribution < 1.29 is 19.2 Å². The Labute approximate surface area is 203 Å². The Hall–Kier alpha value is -4.20. The van der Waals surface area contributed by atoms with Crippen LogP contribution in [0.5, 0.6) is 5.75 Å². The minimum absolute atomic E-state index is 0.0140. The molecule has 4 aromatic rings. The number of unbranched alkanes of at least 4 members (excludes halogenated alkanes) is 1. The van der Waals surface area contributed by atoms with Crippen LogP contribution in [0.2, 0.25) is 0 Å². The molecule has 1 aromatic heterocycles. The predicted molar refractivity (Wildman–Crippen MR) is 133 cm³/mol. The lowest BCUT2D eigenvalue weighted by Gasteiger charge is -2.11. The number of benzene rings is 3. The Balaban J connectivity index is 1.52. The van der Waals surface area contributed by atoms with E-state index in [4.69, 9.17) is 14.5 Å². The summed E-state index contributed by atoms with van der Waals surface area (Å²) in [5, 5.41) is 11.3. The Morgan fingerprint density at radius 3 is 2.51 bits per heavy atom. The van der Waals surface area contributed by atoms with Crippen LogP contribution in [0.4, 0.5) is 5.69 Å². The molecule has 8 heteroatoms. The summed E-state index contributed by atoms with van der Waals surface area (Å²) in [4.78, 5) is 27.0. The number of hydrogen-bond acceptors (Lipinski definition) is 6. The fourth-order valence-electron chi connectivity index (χ4n) is 3.87. The van der Waals surface area contributed by atoms with Crippen molar-refractivity contribution >= 4 is 22.7 Å². The van der Waals surface area contributed by atoms with Crippen molar-refractivity contribution in [3.8, 4) is 17.1 Å². The number of nitro groups is 1. The molecule has 0 atom stereocenters. The van der Waals surface area contributed by atoms with Gasteiger partial charge in [-0.3, -0.25) is 14.9 Å². The third-order valence-electron chi connectivity index (χ3n) is 5.59. The third-order valence-corrected chi connectivity index (χ3v) is 5.59. The van der Waals surface area contributed by atoms with Crippen molar-refractivity contribution in [1.29, 1.82) is 0 Å². The van der Waals surface area contributed by atoms with Crippen LogP contribution in [0, 0.1) is 10.1 Å². The maximum absolute atomic E-state index is 11.4. The molecular weight excluding hydrogens is 446 g/mol. The van der Waals surface area contributed by atoms with E-state index in [-0.39, 0.29) is 11.7 Å². The van der Waals surface area contributed by atoms with Gasteiger partial charge >= 0.3 is 5.97 Å². The van der Waals surface area contributed by atoms with Gasteiger partial charge in [-0.05, 0) is 55.7 Å². The first-order valence-electron chi connectivity index (χ1n) is 11.6. The van der Waals surface area contributed by atoms with Crippen molar-refractivity contribution in [2.45, 2.75) is 32.7 Å². The fourth-order valence-corrected chi connectivity index (χ4v) is 3.87. The van der Waals surface area contributed by atoms with E-state index in [9.17, 15) is 14.9 Å². The molecule has 1 heterocycles. The standard InChI is InChI=1S/C27H27N3O5/c1-2-34-26(31)10-6-7-17-35-23-14-11-21(12-15-23)27-28-24-18-22(30(32)33)13-16-25(24)29(27)19-20-8-4-3-5-9-20/h3-5,8-9,11-16,18H,2,6-7,10,17,19H2,1H3. The highest BCUT2D eigenvalue weighted by molar-refractivity contribution is 5.83. The van der Waals surface area contributed by atoms with E-state index < -0.39 is 4.92 Å². The zero-order valence-corrected chi connectivity index (χ0v) is 19.6. The van der Waals surface area contributed by atoms with E-state index in [1.54, 1.807) is 13.0 Å². The third kappa shape index (κ3) is 6.03. The van der Waals surface area contributed by atoms with E-state index in [0.29, 0.717) is 38.1 Å². The molecular formula is C27H27N3O5. The van der Waals surface area contributed by atoms with Crippen LogP contribution < -0.4 is 4.74 Å². The second-order valence-corrected chi connectivity index (χ2v) is 8.07. The summed E-state index contributed by atoms with van der Waals surface area (Å²) < 4.78 is 12.8. The van der Waals surface area contributed by atoms with Gasteiger partial charge in [-0.2, -0.15) is 0 Å². The lowest BCUT2D eigenvalue weighted by atomic mass is 10.2. The van der Waals surface area contributed by atoms with Crippen LogP contribution >= 0.6 is 0 Å². The lowest BCUT2D eigenvalue weighted by Crippen LogP contribution is -2.05. The Bertz CT molecular complexity index is 1300. The van der Waals surface area contributed by atoms with Gasteiger partial charge in [0.05, 0.1) is 29.2 Å². The average molecular weight is 474 g/mol. The van der Waals surface area contributed by atoms with Gasteiger partial charge in [0, 0.05) is 30.7 Å². The zero-order valence-electron chi connectivity index (χ0n) is 19.6. The molecule has 0 unspecified atom stereocenters. The maximum Gasteiger partial charge on any atom is 0.305 e. The van der Waals surface area contributed by atoms with Crippen LogP contribution in [0.15, 0.2) is 72.8 Å². The van der Waals surface area contributed by atoms with Crippen molar-refractivity contribution in [2.24, 2.45) is 0 Å². The van der Waals surface area contributed by atoms with Crippen molar-refractivity contribution in [3.05, 3.63) is 88.5 Å². The average Bonchev–Trinajstić information content (AvgIpc) is 3.22. The van der Waals surface area contributed by atoms with Gasteiger partial charge in [-0.25, -0.2) is 4.98 Å². The van der Waals surface area contributed by atoms with Crippen LogP contribution in [0.25, 0.3) is 22.4 Å². The van der Waals surface area contributed by atoms with Crippen molar-refractivity contribution in [3.63, 3.8) is 0 Å². The van der Waals surface area contributed by atoms with E-state index in [1.807, 2.05) is 54.6 Å². The summed E-state index contributed by atoms with van der Waals surface area (Å²) in [7, 11) is 0. The maximum atomic E-state index is 11.4. The van der Waals surface area contributed by atoms with Crippen molar-refractivity contribution in [2.75, 3.05) is 13.2 Å². The minimum atomic E-state index is -0.409. The lowest BCUT2D eigenvalue weighted by molar-refractivity contribution is -0.384. The summed E-state index contributed by atoms with van der Waals surface area (Å²) >= 11 is 0. The number of nitro benzene ring substituents is 1. The second kappa shape index (κ2) is 11.3. The van der Waals surface area contributed by atoms with E-state index in [2.05, 4.69) is 4.57 Å². The normalized spacial score (nSPS) is 10.9. The van der Waals surface area contributed by atoms with Crippen LogP contribution in [-0.4, -0.2) is 33.7 Å². The quantitative estimate of drug-likeness (QED) is 0.119. The number of carbonyl (C=O) groups is 1. The molecule has 4 rings (SSSR count). The van der Waals surface area contributed by atoms with Crippen LogP contribution in [0.1, 0.15) is 31.7 Å². The molecule has 35 heavy (non-hydrogen) atoms. The van der Waals surface area contributed by atoms with Crippen molar-refractivity contribution in [1.82, 2.24) is 9.55 Å². The monoisotopic (exact) mass is 473 g/mol. The first-order valence-corrected chi connectivity index (χ1v) is 11.6. The predicted octanol–water partition coefficient (Wildman–Crippen LogP) is 5.77. The highest BCUT2D eigenvalue weighted by Gasteiger charge is 2.16. The molecule has 3 aromatic carbocycles. The van der Waals surface area contributed by atoms with E-state index in [1.165, 1.54) is 12.1 Å². The molecule has 0 N–H and O–H groups in total. The van der Waals surface area contributed by atoms with Crippen LogP contribution in [0.3, 0.4) is 0 Å². The van der Waals surface area contributed by atoms with Gasteiger partial charge in [-0.1, -0.05) is 30.3 Å². The number of carbonyl (C=O) groups excluding carboxylic acids is 1. The number of esters is 1. The fraction of sp³-hybridized carbons (Fsp3) is 0.259. The molecule has 8 nitrogen and oxygen atoms in total. The SMILES string of the molecule is CCOC(=O)CCCCOc1ccc(-c2nc3cc([N+](=O)[O-])ccc3n2Cc2ccccc2)cc1. The van der Waals surface area contributed by atoms with E-state index in [0.717, 1.165) is 34.6 Å². The van der Waals surface area contributed by atoms with Gasteiger partial charge < -0.3 is 14.0 Å². The summed E-state index contributed by atoms with van der Waals surface area (Å²) in [6.07, 6.45) is 1.87. The molecule has 0 aliphatic rings. The number of fused-ring (bicyclic) bond motifs is 1. The summed E-state index contributed by atoms with van der Waals surface area (Å²) in [6.45, 7) is 3.29. The largest absolute Gasteiger partial charge is 0.494 e. The number of hydrogen-bond donors (Lipinski definition) is 0. The van der Waals surface area contributed by atoms with E-state index >= 15 is 0 Å². The summed E-state index contributed by atoms with van der Waals surface area (Å²) in [5.74, 6) is 1.28. The summed E-state index contributed by atoms with van der Waals surface area (Å²) in [6, 6.07) is 22.4. The number of ether oxygens (including phenoxy) is 2. The highest BCUT2D eigenvalue weighted by atomic mass is 16.6. The molecule has 0 aliphatic heterocycles. The molecule has 0 aliphatic carbocycles. The molecule has 0 amide bonds. The molecule has 0 spiro atoms. The molecule has 0 fully saturated rings. The topological polar surface area (TPSA) is 96.5 Å². The van der Waals surface area contributed by atoms with Gasteiger partial charge in [0.2, 0.25) is 0 Å². The first-order chi connectivity index (χ1) is 17.0. The summed E-state index contributed by atoms with van der Waals surface area (Å²) in [5.41, 5.74) is 3.41. The number of aromatic nitrogens is 2. The molecule has 0 saturated carbocycles. The number of rotatable bonds is 11. The van der Waals surface area contributed by atoms with Gasteiger partial charge in [-0.15, -0.1) is 0 Å². The second-order valence-electron chi connectivity index (χ2n) is 8.07. The first kappa shape index (κ1) is 23.9. The van der Waals surface area contributed by atoms with Gasteiger partial charge in [0.15, 0.2) is 0 Å². The van der Waals surface area contributed by atoms with Crippen LogP contribution in [-0.2, 0) is 16.1 Å². The number of nitrogens with zero attached hydrogens (tertiary/aromatic N) is 3. The Morgan fingerprint density at radius 2 is 1.80 bits per heavy atom. The molecule has 180 valence electrons. The molecule has 0 radical (unpaired) electrons. The van der Waals surface area contributed by atoms with Gasteiger partial charge in [0.25, 0.3) is 5.69 Å². The van der Waals surface area contributed by atoms with Gasteiger partial charge in [0.1, 0.15) is 11.6 Å². The zero-order chi connectivity index (χ0) is 24.6. The molecule has 0 bridgehead atoms. The smallest absolute Gasteiger partial charge is 0.305 e. The Kier molecular flexibility index (Phi) is 7.72. The molecule has 0 saturated heterocycles. The Morgan fingerprint density at radius 1 is 1.03 bits per heavy atom. The highest BCUT2D eigenvalue weighted by Crippen LogP contribution is 2.29. The minimum Gasteiger partial charge on any atom is -0.494 e. The number of non-ortho nitro benzene ring substituents is 1. The number of imidazole rings is 1.